The maximum Gasteiger partial charge on any atom is 2.00 e. The normalized spacial score (nSPS) is 11.0. The van der Waals surface area contributed by atoms with Crippen LogP contribution in [0.2, 0.25) is 0 Å². The van der Waals surface area contributed by atoms with Gasteiger partial charge >= 0.3 is 21.1 Å². The number of ether oxygens (including phenoxy) is 1. The second kappa shape index (κ2) is 9.65. The molecule has 7 rings (SSSR count). The topological polar surface area (TPSA) is 39.4 Å². The Hall–Kier alpha value is -4.27. The van der Waals surface area contributed by atoms with Crippen LogP contribution in [0.25, 0.3) is 49.8 Å². The summed E-state index contributed by atoms with van der Waals surface area (Å²) in [4.78, 5) is 9.45. The predicted octanol–water partition coefficient (Wildman–Crippen LogP) is 7.76. The van der Waals surface area contributed by atoms with E-state index in [2.05, 4.69) is 70.2 Å². The molecule has 37 heavy (non-hydrogen) atoms. The van der Waals surface area contributed by atoms with Crippen LogP contribution in [0.15, 0.2) is 116 Å². The van der Waals surface area contributed by atoms with E-state index in [1.807, 2.05) is 60.7 Å². The Morgan fingerprint density at radius 2 is 1.46 bits per heavy atom. The second-order valence-electron chi connectivity index (χ2n) is 8.56. The van der Waals surface area contributed by atoms with Gasteiger partial charge in [-0.25, -0.2) is 0 Å². The summed E-state index contributed by atoms with van der Waals surface area (Å²) >= 11 is 0. The molecule has 0 aliphatic rings. The third-order valence-electron chi connectivity index (χ3n) is 6.30. The van der Waals surface area contributed by atoms with Gasteiger partial charge in [0.1, 0.15) is 0 Å². The molecule has 3 heterocycles. The van der Waals surface area contributed by atoms with Gasteiger partial charge in [-0.2, -0.15) is 0 Å². The predicted molar refractivity (Wildman–Crippen MR) is 143 cm³/mol. The van der Waals surface area contributed by atoms with E-state index in [1.165, 1.54) is 0 Å². The summed E-state index contributed by atoms with van der Waals surface area (Å²) in [6, 6.07) is 41.1. The monoisotopic (exact) mass is 656 g/mol. The number of hydrogen-bond acceptors (Lipinski definition) is 3. The fourth-order valence-corrected chi connectivity index (χ4v) is 4.63. The molecule has 7 aromatic rings. The smallest absolute Gasteiger partial charge is 0.497 e. The number of nitrogens with zero attached hydrogens (tertiary/aromatic N) is 3. The minimum absolute atomic E-state index is 0. The number of imidazole rings is 1. The van der Waals surface area contributed by atoms with Crippen molar-refractivity contribution in [3.05, 3.63) is 128 Å². The minimum atomic E-state index is 0. The third kappa shape index (κ3) is 4.20. The van der Waals surface area contributed by atoms with Crippen LogP contribution in [-0.4, -0.2) is 14.4 Å². The molecule has 4 nitrogen and oxygen atoms in total. The molecular weight excluding hydrogens is 637 g/mol. The van der Waals surface area contributed by atoms with Gasteiger partial charge in [-0.3, -0.25) is 4.98 Å². The molecule has 0 atom stereocenters. The van der Waals surface area contributed by atoms with Crippen molar-refractivity contribution in [3.63, 3.8) is 0 Å². The molecular formula is C32H19N3OPt. The maximum atomic E-state index is 6.23. The van der Waals surface area contributed by atoms with Crippen LogP contribution in [0, 0.1) is 12.1 Å². The number of aromatic nitrogens is 3. The molecule has 178 valence electrons. The van der Waals surface area contributed by atoms with Gasteiger partial charge in [0.05, 0.1) is 11.3 Å². The average molecular weight is 657 g/mol. The molecule has 0 spiro atoms. The van der Waals surface area contributed by atoms with Crippen molar-refractivity contribution in [1.82, 2.24) is 14.4 Å². The number of fused-ring (bicyclic) bond motifs is 6. The van der Waals surface area contributed by atoms with Gasteiger partial charge in [0.15, 0.2) is 0 Å². The Morgan fingerprint density at radius 1 is 0.649 bits per heavy atom. The van der Waals surface area contributed by atoms with Gasteiger partial charge in [0.2, 0.25) is 0 Å². The van der Waals surface area contributed by atoms with Gasteiger partial charge in [0, 0.05) is 35.0 Å². The fraction of sp³-hybridized carbons (Fsp3) is 0. The summed E-state index contributed by atoms with van der Waals surface area (Å²) in [5.74, 6) is 1.22. The standard InChI is InChI=1S/C32H19N3O.Pt/c1-2-9-22(10-3-1)30-21-35-31-15-5-4-13-27(31)26-17-16-25(20-28(26)32(35)34-30)36-24-12-8-11-23(19-24)29-14-6-7-18-33-29;/h1-18,21H;/q-2;+2. The van der Waals surface area contributed by atoms with Gasteiger partial charge < -0.3 is 14.1 Å². The number of hydrogen-bond donors (Lipinski definition) is 0. The van der Waals surface area contributed by atoms with E-state index in [9.17, 15) is 0 Å². The van der Waals surface area contributed by atoms with Crippen LogP contribution >= 0.6 is 0 Å². The van der Waals surface area contributed by atoms with Crippen molar-refractivity contribution in [3.8, 4) is 34.0 Å². The van der Waals surface area contributed by atoms with E-state index in [-0.39, 0.29) is 21.1 Å². The Balaban J connectivity index is 0.00000252. The Kier molecular flexibility index (Phi) is 6.03. The van der Waals surface area contributed by atoms with Gasteiger partial charge in [-0.05, 0) is 23.2 Å². The molecule has 0 aliphatic heterocycles. The van der Waals surface area contributed by atoms with Crippen LogP contribution < -0.4 is 4.74 Å². The van der Waals surface area contributed by atoms with Crippen molar-refractivity contribution >= 4 is 27.3 Å². The molecule has 0 aliphatic carbocycles. The summed E-state index contributed by atoms with van der Waals surface area (Å²) in [7, 11) is 0. The van der Waals surface area contributed by atoms with E-state index in [4.69, 9.17) is 9.72 Å². The Morgan fingerprint density at radius 3 is 2.32 bits per heavy atom. The molecule has 4 aromatic carbocycles. The van der Waals surface area contributed by atoms with E-state index in [0.717, 1.165) is 49.8 Å². The fourth-order valence-electron chi connectivity index (χ4n) is 4.63. The Bertz CT molecular complexity index is 1860. The van der Waals surface area contributed by atoms with Crippen LogP contribution in [0.1, 0.15) is 0 Å². The average Bonchev–Trinajstić information content (AvgIpc) is 3.41. The number of pyridine rings is 2. The minimum Gasteiger partial charge on any atom is -0.497 e. The zero-order valence-corrected chi connectivity index (χ0v) is 21.8. The molecule has 0 amide bonds. The second-order valence-corrected chi connectivity index (χ2v) is 8.56. The summed E-state index contributed by atoms with van der Waals surface area (Å²) in [5.41, 5.74) is 5.68. The van der Waals surface area contributed by atoms with Crippen LogP contribution in [0.3, 0.4) is 0 Å². The molecule has 5 heteroatoms. The van der Waals surface area contributed by atoms with Crippen LogP contribution in [0.4, 0.5) is 0 Å². The van der Waals surface area contributed by atoms with Crippen LogP contribution in [-0.2, 0) is 21.1 Å². The SMILES string of the molecule is [Pt+2].[c-]1c(Oc2[c-]c3c(cc2)c2ccccc2n2cc(-c4ccccc4)nc32)cccc1-c1ccccn1. The summed E-state index contributed by atoms with van der Waals surface area (Å²) in [5, 5.41) is 3.14. The van der Waals surface area contributed by atoms with Gasteiger partial charge in [-0.1, -0.05) is 89.6 Å². The molecule has 0 unspecified atom stereocenters. The molecule has 0 fully saturated rings. The maximum absolute atomic E-state index is 6.23. The van der Waals surface area contributed by atoms with Crippen molar-refractivity contribution < 1.29 is 25.8 Å². The number of rotatable bonds is 4. The zero-order chi connectivity index (χ0) is 23.9. The largest absolute Gasteiger partial charge is 2.00 e. The first kappa shape index (κ1) is 23.1. The van der Waals surface area contributed by atoms with Crippen LogP contribution in [0.5, 0.6) is 11.5 Å². The molecule has 0 saturated heterocycles. The van der Waals surface area contributed by atoms with Crippen molar-refractivity contribution in [2.24, 2.45) is 0 Å². The summed E-state index contributed by atoms with van der Waals surface area (Å²) < 4.78 is 8.37. The van der Waals surface area contributed by atoms with E-state index >= 15 is 0 Å². The molecule has 0 N–H and O–H groups in total. The van der Waals surface area contributed by atoms with E-state index < -0.39 is 0 Å². The van der Waals surface area contributed by atoms with E-state index in [0.29, 0.717) is 11.5 Å². The number of benzene rings is 4. The first-order valence-electron chi connectivity index (χ1n) is 11.8. The number of para-hydroxylation sites is 1. The quantitative estimate of drug-likeness (QED) is 0.144. The molecule has 0 bridgehead atoms. The molecule has 3 aromatic heterocycles. The first-order chi connectivity index (χ1) is 17.8. The first-order valence-corrected chi connectivity index (χ1v) is 11.8. The third-order valence-corrected chi connectivity index (χ3v) is 6.30. The zero-order valence-electron chi connectivity index (χ0n) is 19.5. The van der Waals surface area contributed by atoms with Gasteiger partial charge in [-0.15, -0.1) is 29.8 Å². The van der Waals surface area contributed by atoms with Crippen molar-refractivity contribution in [1.29, 1.82) is 0 Å². The van der Waals surface area contributed by atoms with E-state index in [1.54, 1.807) is 6.20 Å². The Labute approximate surface area is 228 Å². The summed E-state index contributed by atoms with van der Waals surface area (Å²) in [6.45, 7) is 0. The van der Waals surface area contributed by atoms with Gasteiger partial charge in [0.25, 0.3) is 0 Å². The molecule has 0 radical (unpaired) electrons. The van der Waals surface area contributed by atoms with Crippen molar-refractivity contribution in [2.45, 2.75) is 0 Å². The molecule has 0 saturated carbocycles. The van der Waals surface area contributed by atoms with Crippen molar-refractivity contribution in [2.75, 3.05) is 0 Å². The summed E-state index contributed by atoms with van der Waals surface area (Å²) in [6.07, 6.45) is 3.87.